The van der Waals surface area contributed by atoms with Gasteiger partial charge in [-0.15, -0.1) is 5.10 Å². The normalized spacial score (nSPS) is 14.7. The summed E-state index contributed by atoms with van der Waals surface area (Å²) in [6.07, 6.45) is 0. The Labute approximate surface area is 145 Å². The van der Waals surface area contributed by atoms with E-state index in [1.54, 1.807) is 25.1 Å². The molecule has 1 fully saturated rings. The summed E-state index contributed by atoms with van der Waals surface area (Å²) in [5.41, 5.74) is 0.476. The molecule has 2 heterocycles. The smallest absolute Gasteiger partial charge is 0.339 e. The van der Waals surface area contributed by atoms with Gasteiger partial charge < -0.3 is 4.74 Å². The summed E-state index contributed by atoms with van der Waals surface area (Å²) in [6, 6.07) is 5.73. The molecule has 1 aliphatic heterocycles. The summed E-state index contributed by atoms with van der Waals surface area (Å²) < 4.78 is 9.32. The van der Waals surface area contributed by atoms with Gasteiger partial charge in [0.1, 0.15) is 15.8 Å². The molecule has 2 aromatic rings. The number of rotatable bonds is 5. The number of amides is 4. The van der Waals surface area contributed by atoms with E-state index in [2.05, 4.69) is 9.59 Å². The van der Waals surface area contributed by atoms with Crippen molar-refractivity contribution in [3.8, 4) is 5.75 Å². The number of nitrogens with zero attached hydrogens (tertiary/aromatic N) is 4. The summed E-state index contributed by atoms with van der Waals surface area (Å²) in [7, 11) is 0. The van der Waals surface area contributed by atoms with Gasteiger partial charge in [0.25, 0.3) is 0 Å². The highest BCUT2D eigenvalue weighted by molar-refractivity contribution is 7.10. The number of aromatic nitrogens is 2. The molecule has 0 spiro atoms. The standard InChI is InChI=1S/C14H11ClN4O4S/c1-2-23-10-6-4-3-5-9(10)19-13(21)12(20)18(14(19)22)7-8-11(15)24-17-16-8/h3-6H,2,7H2,1H3. The minimum absolute atomic E-state index is 0.215. The summed E-state index contributed by atoms with van der Waals surface area (Å²) in [6.45, 7) is 1.91. The minimum Gasteiger partial charge on any atom is -0.492 e. The SMILES string of the molecule is CCOc1ccccc1N1C(=O)C(=O)N(Cc2nnsc2Cl)C1=O. The molecule has 1 aliphatic rings. The third kappa shape index (κ3) is 2.72. The highest BCUT2D eigenvalue weighted by Crippen LogP contribution is 2.32. The van der Waals surface area contributed by atoms with Crippen LogP contribution < -0.4 is 9.64 Å². The van der Waals surface area contributed by atoms with E-state index in [0.717, 1.165) is 21.3 Å². The van der Waals surface area contributed by atoms with E-state index >= 15 is 0 Å². The molecule has 0 atom stereocenters. The van der Waals surface area contributed by atoms with Crippen LogP contribution in [0.2, 0.25) is 4.34 Å². The van der Waals surface area contributed by atoms with E-state index in [0.29, 0.717) is 12.4 Å². The Balaban J connectivity index is 1.94. The number of hydrogen-bond donors (Lipinski definition) is 0. The van der Waals surface area contributed by atoms with Gasteiger partial charge in [0.2, 0.25) is 0 Å². The second kappa shape index (κ2) is 6.54. The molecule has 0 unspecified atom stereocenters. The number of carbonyl (C=O) groups excluding carboxylic acids is 3. The van der Waals surface area contributed by atoms with Crippen LogP contribution in [0.3, 0.4) is 0 Å². The van der Waals surface area contributed by atoms with Gasteiger partial charge >= 0.3 is 17.8 Å². The van der Waals surface area contributed by atoms with Crippen LogP contribution >= 0.6 is 23.1 Å². The molecule has 0 saturated carbocycles. The van der Waals surface area contributed by atoms with Crippen molar-refractivity contribution in [2.24, 2.45) is 0 Å². The number of anilines is 1. The summed E-state index contributed by atoms with van der Waals surface area (Å²) in [5, 5.41) is 3.75. The highest BCUT2D eigenvalue weighted by atomic mass is 35.5. The Hall–Kier alpha value is -2.52. The Morgan fingerprint density at radius 3 is 2.62 bits per heavy atom. The van der Waals surface area contributed by atoms with Gasteiger partial charge in [0, 0.05) is 11.5 Å². The summed E-state index contributed by atoms with van der Waals surface area (Å²) >= 11 is 6.83. The molecular weight excluding hydrogens is 356 g/mol. The molecule has 1 aromatic heterocycles. The van der Waals surface area contributed by atoms with Crippen LogP contribution in [0, 0.1) is 0 Å². The monoisotopic (exact) mass is 366 g/mol. The first-order chi connectivity index (χ1) is 11.5. The largest absolute Gasteiger partial charge is 0.492 e. The van der Waals surface area contributed by atoms with Crippen molar-refractivity contribution in [1.29, 1.82) is 0 Å². The lowest BCUT2D eigenvalue weighted by Crippen LogP contribution is -2.33. The molecule has 124 valence electrons. The lowest BCUT2D eigenvalue weighted by atomic mass is 10.2. The van der Waals surface area contributed by atoms with E-state index in [-0.39, 0.29) is 22.3 Å². The van der Waals surface area contributed by atoms with Gasteiger partial charge in [-0.05, 0) is 19.1 Å². The van der Waals surface area contributed by atoms with E-state index in [1.807, 2.05) is 0 Å². The first kappa shape index (κ1) is 16.3. The molecule has 24 heavy (non-hydrogen) atoms. The fourth-order valence-corrected chi connectivity index (χ4v) is 2.83. The Morgan fingerprint density at radius 1 is 1.21 bits per heavy atom. The molecule has 1 aromatic carbocycles. The van der Waals surface area contributed by atoms with Crippen molar-refractivity contribution in [2.45, 2.75) is 13.5 Å². The number of carbonyl (C=O) groups is 3. The molecule has 0 N–H and O–H groups in total. The Bertz CT molecular complexity index is 825. The van der Waals surface area contributed by atoms with Crippen LogP contribution in [0.5, 0.6) is 5.75 Å². The van der Waals surface area contributed by atoms with Crippen molar-refractivity contribution in [3.63, 3.8) is 0 Å². The van der Waals surface area contributed by atoms with Crippen LogP contribution in [-0.2, 0) is 16.1 Å². The first-order valence-electron chi connectivity index (χ1n) is 6.93. The number of benzene rings is 1. The van der Waals surface area contributed by atoms with E-state index in [4.69, 9.17) is 16.3 Å². The number of hydrogen-bond acceptors (Lipinski definition) is 7. The zero-order chi connectivity index (χ0) is 17.3. The molecule has 10 heteroatoms. The van der Waals surface area contributed by atoms with Crippen LogP contribution in [0.1, 0.15) is 12.6 Å². The third-order valence-corrected chi connectivity index (χ3v) is 4.26. The molecule has 4 amide bonds. The fourth-order valence-electron chi connectivity index (χ4n) is 2.22. The van der Waals surface area contributed by atoms with E-state index in [1.165, 1.54) is 6.07 Å². The fraction of sp³-hybridized carbons (Fsp3) is 0.214. The van der Waals surface area contributed by atoms with Crippen LogP contribution in [0.25, 0.3) is 0 Å². The second-order valence-corrected chi connectivity index (χ2v) is 6.06. The molecule has 1 saturated heterocycles. The second-order valence-electron chi connectivity index (χ2n) is 4.71. The Kier molecular flexibility index (Phi) is 4.45. The van der Waals surface area contributed by atoms with Crippen molar-refractivity contribution in [3.05, 3.63) is 34.3 Å². The van der Waals surface area contributed by atoms with Crippen molar-refractivity contribution >= 4 is 46.7 Å². The minimum atomic E-state index is -0.952. The molecule has 3 rings (SSSR count). The average molecular weight is 367 g/mol. The van der Waals surface area contributed by atoms with Gasteiger partial charge in [-0.1, -0.05) is 28.2 Å². The van der Waals surface area contributed by atoms with Crippen molar-refractivity contribution in [1.82, 2.24) is 14.5 Å². The van der Waals surface area contributed by atoms with Gasteiger partial charge in [0.15, 0.2) is 0 Å². The van der Waals surface area contributed by atoms with Crippen LogP contribution in [0.4, 0.5) is 10.5 Å². The van der Waals surface area contributed by atoms with Crippen LogP contribution in [0.15, 0.2) is 24.3 Å². The van der Waals surface area contributed by atoms with Crippen molar-refractivity contribution < 1.29 is 19.1 Å². The number of ether oxygens (including phenoxy) is 1. The molecule has 0 aliphatic carbocycles. The Morgan fingerprint density at radius 2 is 1.96 bits per heavy atom. The molecule has 0 bridgehead atoms. The van der Waals surface area contributed by atoms with Gasteiger partial charge in [-0.25, -0.2) is 14.6 Å². The maximum absolute atomic E-state index is 12.6. The zero-order valence-electron chi connectivity index (χ0n) is 12.4. The van der Waals surface area contributed by atoms with E-state index in [9.17, 15) is 14.4 Å². The quantitative estimate of drug-likeness (QED) is 0.594. The van der Waals surface area contributed by atoms with Gasteiger partial charge in [-0.3, -0.25) is 9.59 Å². The predicted molar refractivity (Wildman–Crippen MR) is 86.0 cm³/mol. The van der Waals surface area contributed by atoms with Gasteiger partial charge in [-0.2, -0.15) is 0 Å². The maximum atomic E-state index is 12.6. The van der Waals surface area contributed by atoms with E-state index < -0.39 is 17.8 Å². The first-order valence-corrected chi connectivity index (χ1v) is 8.08. The molecular formula is C14H11ClN4O4S. The summed E-state index contributed by atoms with van der Waals surface area (Å²) in [4.78, 5) is 38.6. The maximum Gasteiger partial charge on any atom is 0.339 e. The highest BCUT2D eigenvalue weighted by Gasteiger charge is 2.46. The number of para-hydroxylation sites is 2. The molecule has 0 radical (unpaired) electrons. The van der Waals surface area contributed by atoms with Gasteiger partial charge in [0.05, 0.1) is 18.8 Å². The molecule has 8 nitrogen and oxygen atoms in total. The third-order valence-electron chi connectivity index (χ3n) is 3.28. The number of imide groups is 2. The zero-order valence-corrected chi connectivity index (χ0v) is 14.0. The lowest BCUT2D eigenvalue weighted by molar-refractivity contribution is -0.139. The number of halogens is 1. The van der Waals surface area contributed by atoms with Crippen LogP contribution in [-0.4, -0.2) is 38.9 Å². The summed E-state index contributed by atoms with van der Waals surface area (Å²) in [5.74, 6) is -1.56. The van der Waals surface area contributed by atoms with Crippen molar-refractivity contribution in [2.75, 3.05) is 11.5 Å². The topological polar surface area (TPSA) is 92.7 Å². The number of urea groups is 1. The lowest BCUT2D eigenvalue weighted by Gasteiger charge is -2.17. The average Bonchev–Trinajstić information content (AvgIpc) is 3.06. The predicted octanol–water partition coefficient (Wildman–Crippen LogP) is 2.09.